The molecule has 8 nitrogen and oxygen atoms in total. The highest BCUT2D eigenvalue weighted by Gasteiger charge is 2.36. The number of amides is 3. The van der Waals surface area contributed by atoms with Gasteiger partial charge in [0.15, 0.2) is 0 Å². The van der Waals surface area contributed by atoms with E-state index in [1.807, 2.05) is 24.3 Å². The van der Waals surface area contributed by atoms with Gasteiger partial charge in [-0.15, -0.1) is 0 Å². The summed E-state index contributed by atoms with van der Waals surface area (Å²) >= 11 is 0. The highest BCUT2D eigenvalue weighted by Crippen LogP contribution is 2.22. The van der Waals surface area contributed by atoms with E-state index >= 15 is 0 Å². The van der Waals surface area contributed by atoms with Gasteiger partial charge in [-0.25, -0.2) is 4.98 Å². The maximum absolute atomic E-state index is 12.3. The van der Waals surface area contributed by atoms with E-state index < -0.39 is 5.91 Å². The number of nitrogens with zero attached hydrogens (tertiary/aromatic N) is 4. The van der Waals surface area contributed by atoms with Gasteiger partial charge in [0.2, 0.25) is 5.91 Å². The minimum Gasteiger partial charge on any atom is -0.349 e. The monoisotopic (exact) mass is 405 g/mol. The topological polar surface area (TPSA) is 97.2 Å². The van der Waals surface area contributed by atoms with Gasteiger partial charge in [0, 0.05) is 25.2 Å². The van der Waals surface area contributed by atoms with Crippen LogP contribution in [0.1, 0.15) is 59.4 Å². The van der Waals surface area contributed by atoms with Crippen molar-refractivity contribution >= 4 is 28.8 Å². The minimum absolute atomic E-state index is 0.146. The average molecular weight is 405 g/mol. The molecule has 1 aliphatic rings. The van der Waals surface area contributed by atoms with Crippen molar-refractivity contribution in [2.24, 2.45) is 0 Å². The molecule has 1 aliphatic heterocycles. The van der Waals surface area contributed by atoms with Crippen LogP contribution in [0.3, 0.4) is 0 Å². The summed E-state index contributed by atoms with van der Waals surface area (Å²) in [6.07, 6.45) is 2.09. The van der Waals surface area contributed by atoms with Crippen molar-refractivity contribution in [1.82, 2.24) is 24.8 Å². The summed E-state index contributed by atoms with van der Waals surface area (Å²) in [5.74, 6) is -0.103. The summed E-state index contributed by atoms with van der Waals surface area (Å²) in [4.78, 5) is 46.7. The molecular weight excluding hydrogens is 382 g/mol. The fourth-order valence-electron chi connectivity index (χ4n) is 3.78. The number of carbonyl (C=O) groups is 3. The maximum atomic E-state index is 12.3. The number of imidazole rings is 1. The average Bonchev–Trinajstić information content (AvgIpc) is 3.23. The standard InChI is InChI=1S/C22H23N5O3/c1-14(2)27-17-9-4-3-8-16(17)25-18(27)13-24-19(28)10-6-12-26-21(29)15-7-5-11-23-20(15)22(26)30/h3-5,7-9,11,14H,6,10,12-13H2,1-2H3,(H,24,28). The Hall–Kier alpha value is -3.55. The van der Waals surface area contributed by atoms with Gasteiger partial charge in [-0.2, -0.15) is 0 Å². The molecule has 0 saturated carbocycles. The van der Waals surface area contributed by atoms with Crippen LogP contribution < -0.4 is 5.32 Å². The van der Waals surface area contributed by atoms with Gasteiger partial charge >= 0.3 is 0 Å². The van der Waals surface area contributed by atoms with Crippen molar-refractivity contribution < 1.29 is 14.4 Å². The Morgan fingerprint density at radius 3 is 2.67 bits per heavy atom. The molecule has 0 bridgehead atoms. The van der Waals surface area contributed by atoms with Gasteiger partial charge in [-0.1, -0.05) is 12.1 Å². The normalized spacial score (nSPS) is 13.4. The molecule has 0 aliphatic carbocycles. The van der Waals surface area contributed by atoms with E-state index in [-0.39, 0.29) is 36.5 Å². The molecule has 3 aromatic rings. The number of rotatable bonds is 7. The number of hydrogen-bond donors (Lipinski definition) is 1. The molecule has 30 heavy (non-hydrogen) atoms. The molecule has 0 saturated heterocycles. The highest BCUT2D eigenvalue weighted by atomic mass is 16.2. The van der Waals surface area contributed by atoms with Crippen molar-refractivity contribution in [1.29, 1.82) is 0 Å². The Labute approximate surface area is 173 Å². The predicted octanol–water partition coefficient (Wildman–Crippen LogP) is 2.70. The quantitative estimate of drug-likeness (QED) is 0.610. The number of fused-ring (bicyclic) bond motifs is 2. The fourth-order valence-corrected chi connectivity index (χ4v) is 3.78. The van der Waals surface area contributed by atoms with Crippen LogP contribution in [0.2, 0.25) is 0 Å². The zero-order valence-electron chi connectivity index (χ0n) is 17.0. The Balaban J connectivity index is 1.32. The van der Waals surface area contributed by atoms with Crippen molar-refractivity contribution in [2.45, 2.75) is 39.3 Å². The van der Waals surface area contributed by atoms with Crippen LogP contribution in [0.15, 0.2) is 42.6 Å². The Morgan fingerprint density at radius 2 is 1.90 bits per heavy atom. The van der Waals surface area contributed by atoms with E-state index in [4.69, 9.17) is 0 Å². The second-order valence-electron chi connectivity index (χ2n) is 7.52. The van der Waals surface area contributed by atoms with Crippen LogP contribution in [0.4, 0.5) is 0 Å². The van der Waals surface area contributed by atoms with Gasteiger partial charge in [0.05, 0.1) is 23.1 Å². The zero-order chi connectivity index (χ0) is 21.3. The Morgan fingerprint density at radius 1 is 1.10 bits per heavy atom. The van der Waals surface area contributed by atoms with Gasteiger partial charge in [0.25, 0.3) is 11.8 Å². The van der Waals surface area contributed by atoms with E-state index in [1.165, 1.54) is 6.20 Å². The highest BCUT2D eigenvalue weighted by molar-refractivity contribution is 6.20. The summed E-state index contributed by atoms with van der Waals surface area (Å²) in [5, 5.41) is 2.90. The summed E-state index contributed by atoms with van der Waals surface area (Å²) in [7, 11) is 0. The lowest BCUT2D eigenvalue weighted by atomic mass is 10.2. The van der Waals surface area contributed by atoms with E-state index in [0.717, 1.165) is 21.8 Å². The third-order valence-electron chi connectivity index (χ3n) is 5.15. The minimum atomic E-state index is -0.401. The number of para-hydroxylation sites is 2. The number of aromatic nitrogens is 3. The molecule has 4 rings (SSSR count). The molecule has 3 amide bonds. The van der Waals surface area contributed by atoms with Crippen LogP contribution in [-0.2, 0) is 11.3 Å². The summed E-state index contributed by atoms with van der Waals surface area (Å²) in [5.41, 5.74) is 2.43. The first-order chi connectivity index (χ1) is 14.5. The second kappa shape index (κ2) is 8.06. The summed E-state index contributed by atoms with van der Waals surface area (Å²) < 4.78 is 2.11. The van der Waals surface area contributed by atoms with Crippen LogP contribution in [0, 0.1) is 0 Å². The number of pyridine rings is 1. The number of carbonyl (C=O) groups excluding carboxylic acids is 3. The van der Waals surface area contributed by atoms with Crippen molar-refractivity contribution in [3.8, 4) is 0 Å². The van der Waals surface area contributed by atoms with E-state index in [0.29, 0.717) is 18.5 Å². The van der Waals surface area contributed by atoms with Gasteiger partial charge in [0.1, 0.15) is 11.5 Å². The van der Waals surface area contributed by atoms with Crippen LogP contribution in [0.25, 0.3) is 11.0 Å². The zero-order valence-corrected chi connectivity index (χ0v) is 17.0. The SMILES string of the molecule is CC(C)n1c(CNC(=O)CCCN2C(=O)c3cccnc3C2=O)nc2ccccc21. The number of imide groups is 1. The van der Waals surface area contributed by atoms with Crippen molar-refractivity contribution in [3.63, 3.8) is 0 Å². The first-order valence-electron chi connectivity index (χ1n) is 10.0. The number of hydrogen-bond acceptors (Lipinski definition) is 5. The van der Waals surface area contributed by atoms with Gasteiger partial charge in [-0.05, 0) is 44.5 Å². The van der Waals surface area contributed by atoms with Crippen LogP contribution >= 0.6 is 0 Å². The third kappa shape index (κ3) is 3.56. The lowest BCUT2D eigenvalue weighted by molar-refractivity contribution is -0.121. The molecule has 0 fully saturated rings. The van der Waals surface area contributed by atoms with Crippen molar-refractivity contribution in [3.05, 3.63) is 59.7 Å². The van der Waals surface area contributed by atoms with Gasteiger partial charge in [-0.3, -0.25) is 24.3 Å². The fraction of sp³-hybridized carbons (Fsp3) is 0.318. The molecule has 8 heteroatoms. The van der Waals surface area contributed by atoms with Crippen LogP contribution in [-0.4, -0.2) is 43.7 Å². The predicted molar refractivity (Wildman–Crippen MR) is 111 cm³/mol. The molecular formula is C22H23N5O3. The van der Waals surface area contributed by atoms with E-state index in [2.05, 4.69) is 33.7 Å². The largest absolute Gasteiger partial charge is 0.349 e. The van der Waals surface area contributed by atoms with Crippen molar-refractivity contribution in [2.75, 3.05) is 6.54 Å². The summed E-state index contributed by atoms with van der Waals surface area (Å²) in [6.45, 7) is 4.67. The number of nitrogens with one attached hydrogen (secondary N) is 1. The lowest BCUT2D eigenvalue weighted by Crippen LogP contribution is -2.32. The molecule has 0 spiro atoms. The number of benzene rings is 1. The molecule has 3 heterocycles. The lowest BCUT2D eigenvalue weighted by Gasteiger charge is -2.14. The molecule has 1 N–H and O–H groups in total. The molecule has 1 aromatic carbocycles. The van der Waals surface area contributed by atoms with E-state index in [1.54, 1.807) is 12.1 Å². The first-order valence-corrected chi connectivity index (χ1v) is 10.0. The molecule has 0 atom stereocenters. The van der Waals surface area contributed by atoms with Crippen LogP contribution in [0.5, 0.6) is 0 Å². The Kier molecular flexibility index (Phi) is 5.31. The van der Waals surface area contributed by atoms with E-state index in [9.17, 15) is 14.4 Å². The first kappa shape index (κ1) is 19.8. The Bertz CT molecular complexity index is 1100. The summed E-state index contributed by atoms with van der Waals surface area (Å²) in [6, 6.07) is 11.3. The maximum Gasteiger partial charge on any atom is 0.280 e. The molecule has 2 aromatic heterocycles. The third-order valence-corrected chi connectivity index (χ3v) is 5.15. The molecule has 0 radical (unpaired) electrons. The second-order valence-corrected chi connectivity index (χ2v) is 7.52. The molecule has 0 unspecified atom stereocenters. The molecule has 154 valence electrons. The smallest absolute Gasteiger partial charge is 0.280 e. The van der Waals surface area contributed by atoms with Gasteiger partial charge < -0.3 is 9.88 Å².